The molecule has 0 saturated carbocycles. The van der Waals surface area contributed by atoms with E-state index in [2.05, 4.69) is 11.9 Å². The predicted molar refractivity (Wildman–Crippen MR) is 119 cm³/mol. The summed E-state index contributed by atoms with van der Waals surface area (Å²) in [5.74, 6) is -0.754. The summed E-state index contributed by atoms with van der Waals surface area (Å²) in [7, 11) is 0. The monoisotopic (exact) mass is 460 g/mol. The second-order valence-corrected chi connectivity index (χ2v) is 7.11. The van der Waals surface area contributed by atoms with E-state index < -0.39 is 17.8 Å². The minimum absolute atomic E-state index is 0.198. The average Bonchev–Trinajstić information content (AvgIpc) is 2.72. The molecule has 1 aliphatic heterocycles. The third-order valence-corrected chi connectivity index (χ3v) is 4.75. The van der Waals surface area contributed by atoms with E-state index in [9.17, 15) is 14.4 Å². The van der Waals surface area contributed by atoms with Gasteiger partial charge in [-0.2, -0.15) is 0 Å². The van der Waals surface area contributed by atoms with Gasteiger partial charge in [-0.1, -0.05) is 35.9 Å². The molecule has 1 heterocycles. The van der Waals surface area contributed by atoms with E-state index in [-0.39, 0.29) is 33.7 Å². The lowest BCUT2D eigenvalue weighted by Gasteiger charge is -2.26. The summed E-state index contributed by atoms with van der Waals surface area (Å²) < 4.78 is 10.8. The molecule has 0 spiro atoms. The summed E-state index contributed by atoms with van der Waals surface area (Å²) in [6, 6.07) is 8.50. The Kier molecular flexibility index (Phi) is 6.99. The number of rotatable bonds is 7. The minimum Gasteiger partial charge on any atom is -0.494 e. The van der Waals surface area contributed by atoms with Gasteiger partial charge in [-0.15, -0.1) is 0 Å². The zero-order valence-corrected chi connectivity index (χ0v) is 18.0. The number of benzene rings is 2. The maximum Gasteiger partial charge on any atom is 0.335 e. The van der Waals surface area contributed by atoms with Crippen LogP contribution >= 0.6 is 23.2 Å². The van der Waals surface area contributed by atoms with Gasteiger partial charge in [0.15, 0.2) is 5.75 Å². The number of halogens is 2. The number of ether oxygens (including phenoxy) is 2. The summed E-state index contributed by atoms with van der Waals surface area (Å²) in [6.07, 6.45) is 2.85. The molecule has 1 N–H and O–H groups in total. The van der Waals surface area contributed by atoms with Gasteiger partial charge in [0.1, 0.15) is 17.9 Å². The minimum atomic E-state index is -0.847. The first-order chi connectivity index (χ1) is 14.8. The highest BCUT2D eigenvalue weighted by Gasteiger charge is 2.36. The lowest BCUT2D eigenvalue weighted by atomic mass is 10.1. The van der Waals surface area contributed by atoms with E-state index in [4.69, 9.17) is 32.7 Å². The second-order valence-electron chi connectivity index (χ2n) is 6.30. The number of hydrogen-bond acceptors (Lipinski definition) is 5. The molecular weight excluding hydrogens is 443 g/mol. The third-order valence-electron chi connectivity index (χ3n) is 4.18. The van der Waals surface area contributed by atoms with Crippen LogP contribution in [0.15, 0.2) is 54.6 Å². The van der Waals surface area contributed by atoms with Crippen molar-refractivity contribution < 1.29 is 23.9 Å². The van der Waals surface area contributed by atoms with Crippen LogP contribution in [0.3, 0.4) is 0 Å². The topological polar surface area (TPSA) is 84.9 Å². The van der Waals surface area contributed by atoms with Crippen molar-refractivity contribution in [3.8, 4) is 11.5 Å². The molecule has 0 unspecified atom stereocenters. The van der Waals surface area contributed by atoms with Gasteiger partial charge in [0.2, 0.25) is 0 Å². The van der Waals surface area contributed by atoms with Crippen LogP contribution in [0.4, 0.5) is 10.5 Å². The van der Waals surface area contributed by atoms with Crippen LogP contribution < -0.4 is 19.7 Å². The van der Waals surface area contributed by atoms with Crippen molar-refractivity contribution in [2.75, 3.05) is 18.1 Å². The first kappa shape index (κ1) is 22.4. The maximum atomic E-state index is 13.0. The molecule has 0 bridgehead atoms. The first-order valence-corrected chi connectivity index (χ1v) is 9.98. The third kappa shape index (κ3) is 4.90. The van der Waals surface area contributed by atoms with Crippen LogP contribution in [0.2, 0.25) is 10.0 Å². The standard InChI is InChI=1S/C22H18Cl2N2O5/c1-3-9-31-19-17(23)11-13(12-18(19)24)10-16-20(27)25-22(29)26(21(16)28)14-5-7-15(8-6-14)30-4-2/h3,5-8,10-12H,1,4,9H2,2H3,(H,25,27,29)/b16-10+. The molecule has 3 rings (SSSR count). The molecule has 9 heteroatoms. The van der Waals surface area contributed by atoms with Crippen LogP contribution in [0.1, 0.15) is 12.5 Å². The van der Waals surface area contributed by atoms with E-state index in [0.29, 0.717) is 17.9 Å². The van der Waals surface area contributed by atoms with Gasteiger partial charge in [-0.25, -0.2) is 9.69 Å². The van der Waals surface area contributed by atoms with Crippen molar-refractivity contribution in [1.29, 1.82) is 0 Å². The summed E-state index contributed by atoms with van der Waals surface area (Å²) in [6.45, 7) is 6.09. The fraction of sp³-hybridized carbons (Fsp3) is 0.136. The van der Waals surface area contributed by atoms with E-state index in [1.807, 2.05) is 6.92 Å². The molecule has 2 aromatic carbocycles. The Hall–Kier alpha value is -3.29. The Morgan fingerprint density at radius 1 is 1.06 bits per heavy atom. The molecule has 1 fully saturated rings. The normalized spacial score (nSPS) is 15.1. The molecule has 4 amide bonds. The molecule has 0 aromatic heterocycles. The van der Waals surface area contributed by atoms with Crippen molar-refractivity contribution >= 4 is 52.8 Å². The lowest BCUT2D eigenvalue weighted by molar-refractivity contribution is -0.122. The van der Waals surface area contributed by atoms with Crippen LogP contribution in [-0.2, 0) is 9.59 Å². The summed E-state index contributed by atoms with van der Waals surface area (Å²) in [4.78, 5) is 38.5. The van der Waals surface area contributed by atoms with Crippen molar-refractivity contribution in [2.45, 2.75) is 6.92 Å². The predicted octanol–water partition coefficient (Wildman–Crippen LogP) is 4.62. The Morgan fingerprint density at radius 3 is 2.29 bits per heavy atom. The van der Waals surface area contributed by atoms with Crippen molar-refractivity contribution in [1.82, 2.24) is 5.32 Å². The Bertz CT molecular complexity index is 1060. The van der Waals surface area contributed by atoms with Gasteiger partial charge in [0, 0.05) is 0 Å². The molecule has 31 heavy (non-hydrogen) atoms. The zero-order valence-electron chi connectivity index (χ0n) is 16.5. The number of barbiturate groups is 1. The van der Waals surface area contributed by atoms with Crippen molar-refractivity contribution in [2.24, 2.45) is 0 Å². The van der Waals surface area contributed by atoms with Crippen LogP contribution in [0.25, 0.3) is 6.08 Å². The van der Waals surface area contributed by atoms with Gasteiger partial charge in [-0.3, -0.25) is 14.9 Å². The average molecular weight is 461 g/mol. The van der Waals surface area contributed by atoms with Crippen LogP contribution in [-0.4, -0.2) is 31.1 Å². The zero-order chi connectivity index (χ0) is 22.5. The Labute approximate surface area is 188 Å². The number of hydrogen-bond donors (Lipinski definition) is 1. The fourth-order valence-corrected chi connectivity index (χ4v) is 3.47. The molecule has 0 aliphatic carbocycles. The van der Waals surface area contributed by atoms with Gasteiger partial charge >= 0.3 is 6.03 Å². The van der Waals surface area contributed by atoms with E-state index in [1.165, 1.54) is 18.2 Å². The van der Waals surface area contributed by atoms with Crippen molar-refractivity contribution in [3.63, 3.8) is 0 Å². The number of anilines is 1. The quantitative estimate of drug-likeness (QED) is 0.370. The smallest absolute Gasteiger partial charge is 0.335 e. The van der Waals surface area contributed by atoms with Gasteiger partial charge in [0.25, 0.3) is 11.8 Å². The lowest BCUT2D eigenvalue weighted by Crippen LogP contribution is -2.54. The van der Waals surface area contributed by atoms with E-state index in [0.717, 1.165) is 4.90 Å². The molecule has 1 aliphatic rings. The molecule has 7 nitrogen and oxygen atoms in total. The Balaban J connectivity index is 1.94. The Morgan fingerprint density at radius 2 is 1.71 bits per heavy atom. The molecule has 1 saturated heterocycles. The van der Waals surface area contributed by atoms with Gasteiger partial charge < -0.3 is 9.47 Å². The molecule has 160 valence electrons. The highest BCUT2D eigenvalue weighted by molar-refractivity contribution is 6.40. The number of urea groups is 1. The van der Waals surface area contributed by atoms with Gasteiger partial charge in [0.05, 0.1) is 22.3 Å². The van der Waals surface area contributed by atoms with Crippen LogP contribution in [0, 0.1) is 0 Å². The number of imide groups is 2. The number of carbonyl (C=O) groups is 3. The first-order valence-electron chi connectivity index (χ1n) is 9.22. The largest absolute Gasteiger partial charge is 0.494 e. The molecule has 2 aromatic rings. The summed E-state index contributed by atoms with van der Waals surface area (Å²) in [5.41, 5.74) is 0.425. The maximum absolute atomic E-state index is 13.0. The summed E-state index contributed by atoms with van der Waals surface area (Å²) >= 11 is 12.4. The van der Waals surface area contributed by atoms with Crippen molar-refractivity contribution in [3.05, 3.63) is 70.2 Å². The van der Waals surface area contributed by atoms with E-state index in [1.54, 1.807) is 30.3 Å². The molecule has 0 radical (unpaired) electrons. The van der Waals surface area contributed by atoms with Gasteiger partial charge in [-0.05, 0) is 55.0 Å². The number of nitrogens with one attached hydrogen (secondary N) is 1. The second kappa shape index (κ2) is 9.68. The SMILES string of the molecule is C=CCOc1c(Cl)cc(/C=C2\C(=O)NC(=O)N(c3ccc(OCC)cc3)C2=O)cc1Cl. The fourth-order valence-electron chi connectivity index (χ4n) is 2.86. The molecular formula is C22H18Cl2N2O5. The highest BCUT2D eigenvalue weighted by Crippen LogP contribution is 2.35. The van der Waals surface area contributed by atoms with Crippen LogP contribution in [0.5, 0.6) is 11.5 Å². The van der Waals surface area contributed by atoms with E-state index >= 15 is 0 Å². The number of carbonyl (C=O) groups excluding carboxylic acids is 3. The highest BCUT2D eigenvalue weighted by atomic mass is 35.5. The number of nitrogens with zero attached hydrogens (tertiary/aromatic N) is 1. The molecule has 0 atom stereocenters. The number of amides is 4. The summed E-state index contributed by atoms with van der Waals surface area (Å²) in [5, 5.41) is 2.56.